The number of hydrogen-bond acceptors (Lipinski definition) is 6. The molecular formula is C21H23ClN6. The van der Waals surface area contributed by atoms with Gasteiger partial charge in [-0.1, -0.05) is 35.9 Å². The van der Waals surface area contributed by atoms with Gasteiger partial charge in [-0.15, -0.1) is 0 Å². The Labute approximate surface area is 169 Å². The van der Waals surface area contributed by atoms with E-state index in [4.69, 9.17) is 11.6 Å². The SMILES string of the molecule is CN1CCC(Nc2nc(N/N=C/c3ccc(Cl)cc3)nc3ccccc23)CC1. The van der Waals surface area contributed by atoms with Crippen molar-refractivity contribution in [2.75, 3.05) is 30.9 Å². The molecule has 2 aromatic carbocycles. The fraction of sp³-hybridized carbons (Fsp3) is 0.286. The molecule has 144 valence electrons. The minimum atomic E-state index is 0.417. The molecule has 1 saturated heterocycles. The maximum atomic E-state index is 5.91. The van der Waals surface area contributed by atoms with Crippen LogP contribution in [-0.4, -0.2) is 47.3 Å². The van der Waals surface area contributed by atoms with Gasteiger partial charge in [0.25, 0.3) is 0 Å². The van der Waals surface area contributed by atoms with E-state index >= 15 is 0 Å². The Bertz CT molecular complexity index is 964. The number of nitrogens with one attached hydrogen (secondary N) is 2. The lowest BCUT2D eigenvalue weighted by Crippen LogP contribution is -2.37. The van der Waals surface area contributed by atoms with E-state index in [9.17, 15) is 0 Å². The smallest absolute Gasteiger partial charge is 0.246 e. The van der Waals surface area contributed by atoms with Crippen molar-refractivity contribution in [1.82, 2.24) is 14.9 Å². The van der Waals surface area contributed by atoms with Gasteiger partial charge in [-0.25, -0.2) is 10.4 Å². The summed E-state index contributed by atoms with van der Waals surface area (Å²) in [6.07, 6.45) is 3.93. The molecule has 0 aliphatic carbocycles. The van der Waals surface area contributed by atoms with Gasteiger partial charge < -0.3 is 10.2 Å². The Morgan fingerprint density at radius 1 is 1.07 bits per heavy atom. The predicted octanol–water partition coefficient (Wildman–Crippen LogP) is 4.24. The first-order chi connectivity index (χ1) is 13.7. The normalized spacial score (nSPS) is 15.9. The Hall–Kier alpha value is -2.70. The summed E-state index contributed by atoms with van der Waals surface area (Å²) in [6.45, 7) is 2.19. The van der Waals surface area contributed by atoms with Crippen molar-refractivity contribution in [2.24, 2.45) is 5.10 Å². The third-order valence-corrected chi connectivity index (χ3v) is 5.16. The van der Waals surface area contributed by atoms with Crippen LogP contribution in [0.4, 0.5) is 11.8 Å². The molecule has 0 bridgehead atoms. The third kappa shape index (κ3) is 4.58. The van der Waals surface area contributed by atoms with E-state index in [2.05, 4.69) is 37.8 Å². The Morgan fingerprint density at radius 3 is 2.61 bits per heavy atom. The van der Waals surface area contributed by atoms with Crippen LogP contribution in [0, 0.1) is 0 Å². The predicted molar refractivity (Wildman–Crippen MR) is 116 cm³/mol. The van der Waals surface area contributed by atoms with Crippen LogP contribution in [-0.2, 0) is 0 Å². The molecule has 0 saturated carbocycles. The summed E-state index contributed by atoms with van der Waals surface area (Å²) < 4.78 is 0. The highest BCUT2D eigenvalue weighted by Gasteiger charge is 2.18. The van der Waals surface area contributed by atoms with Crippen molar-refractivity contribution in [3.8, 4) is 0 Å². The molecule has 1 fully saturated rings. The zero-order valence-electron chi connectivity index (χ0n) is 15.8. The average Bonchev–Trinajstić information content (AvgIpc) is 2.71. The van der Waals surface area contributed by atoms with E-state index < -0.39 is 0 Å². The number of likely N-dealkylation sites (tertiary alicyclic amines) is 1. The highest BCUT2D eigenvalue weighted by atomic mass is 35.5. The first kappa shape index (κ1) is 18.7. The van der Waals surface area contributed by atoms with Gasteiger partial charge in [0.15, 0.2) is 0 Å². The van der Waals surface area contributed by atoms with Crippen LogP contribution < -0.4 is 10.7 Å². The van der Waals surface area contributed by atoms with Gasteiger partial charge >= 0.3 is 0 Å². The lowest BCUT2D eigenvalue weighted by molar-refractivity contribution is 0.264. The molecular weight excluding hydrogens is 372 g/mol. The minimum Gasteiger partial charge on any atom is -0.367 e. The summed E-state index contributed by atoms with van der Waals surface area (Å²) >= 11 is 5.91. The summed E-state index contributed by atoms with van der Waals surface area (Å²) in [5, 5.41) is 9.61. The van der Waals surface area contributed by atoms with Crippen molar-refractivity contribution < 1.29 is 0 Å². The summed E-state index contributed by atoms with van der Waals surface area (Å²) in [4.78, 5) is 11.6. The number of hydrazone groups is 1. The fourth-order valence-electron chi connectivity index (χ4n) is 3.30. The number of para-hydroxylation sites is 1. The second kappa shape index (κ2) is 8.54. The summed E-state index contributed by atoms with van der Waals surface area (Å²) in [7, 11) is 2.16. The number of benzene rings is 2. The van der Waals surface area contributed by atoms with Gasteiger partial charge in [0.2, 0.25) is 5.95 Å². The molecule has 3 aromatic rings. The van der Waals surface area contributed by atoms with Crippen molar-refractivity contribution in [2.45, 2.75) is 18.9 Å². The molecule has 1 aliphatic rings. The molecule has 2 N–H and O–H groups in total. The van der Waals surface area contributed by atoms with Crippen LogP contribution in [0.2, 0.25) is 5.02 Å². The lowest BCUT2D eigenvalue weighted by atomic mass is 10.1. The Morgan fingerprint density at radius 2 is 1.82 bits per heavy atom. The molecule has 0 unspecified atom stereocenters. The Balaban J connectivity index is 1.54. The van der Waals surface area contributed by atoms with Crippen LogP contribution in [0.5, 0.6) is 0 Å². The molecule has 0 spiro atoms. The van der Waals surface area contributed by atoms with E-state index in [1.807, 2.05) is 48.5 Å². The monoisotopic (exact) mass is 394 g/mol. The number of piperidine rings is 1. The van der Waals surface area contributed by atoms with Crippen molar-refractivity contribution in [3.05, 3.63) is 59.1 Å². The second-order valence-electron chi connectivity index (χ2n) is 7.06. The van der Waals surface area contributed by atoms with Crippen LogP contribution in [0.25, 0.3) is 10.9 Å². The summed E-state index contributed by atoms with van der Waals surface area (Å²) in [6, 6.07) is 15.9. The molecule has 0 radical (unpaired) electrons. The molecule has 28 heavy (non-hydrogen) atoms. The van der Waals surface area contributed by atoms with Gasteiger partial charge in [-0.05, 0) is 62.8 Å². The molecule has 7 heteroatoms. The Kier molecular flexibility index (Phi) is 5.69. The van der Waals surface area contributed by atoms with Crippen LogP contribution in [0.3, 0.4) is 0 Å². The second-order valence-corrected chi connectivity index (χ2v) is 7.49. The first-order valence-corrected chi connectivity index (χ1v) is 9.82. The van der Waals surface area contributed by atoms with E-state index in [1.165, 1.54) is 0 Å². The van der Waals surface area contributed by atoms with Crippen LogP contribution >= 0.6 is 11.6 Å². The number of halogens is 1. The van der Waals surface area contributed by atoms with Crippen molar-refractivity contribution in [3.63, 3.8) is 0 Å². The summed E-state index contributed by atoms with van der Waals surface area (Å²) in [5.41, 5.74) is 4.78. The maximum Gasteiger partial charge on any atom is 0.246 e. The van der Waals surface area contributed by atoms with E-state index in [1.54, 1.807) is 6.21 Å². The first-order valence-electron chi connectivity index (χ1n) is 9.44. The molecule has 1 aliphatic heterocycles. The number of fused-ring (bicyclic) bond motifs is 1. The van der Waals surface area contributed by atoms with Gasteiger partial charge in [-0.3, -0.25) is 0 Å². The van der Waals surface area contributed by atoms with Crippen molar-refractivity contribution >= 4 is 40.5 Å². The number of nitrogens with zero attached hydrogens (tertiary/aromatic N) is 4. The molecule has 0 amide bonds. The highest BCUT2D eigenvalue weighted by Crippen LogP contribution is 2.24. The van der Waals surface area contributed by atoms with E-state index in [-0.39, 0.29) is 0 Å². The van der Waals surface area contributed by atoms with Gasteiger partial charge in [0, 0.05) is 16.5 Å². The minimum absolute atomic E-state index is 0.417. The zero-order valence-corrected chi connectivity index (χ0v) is 16.5. The largest absolute Gasteiger partial charge is 0.367 e. The molecule has 0 atom stereocenters. The molecule has 4 rings (SSSR count). The zero-order chi connectivity index (χ0) is 19.3. The standard InChI is InChI=1S/C21H23ClN6/c1-28-12-10-17(11-13-28)24-20-18-4-2-3-5-19(18)25-21(26-20)27-23-14-15-6-8-16(22)9-7-15/h2-9,14,17H,10-13H2,1H3,(H2,24,25,26,27)/b23-14+. The van der Waals surface area contributed by atoms with E-state index in [0.29, 0.717) is 17.0 Å². The number of rotatable bonds is 5. The quantitative estimate of drug-likeness (QED) is 0.500. The third-order valence-electron chi connectivity index (χ3n) is 4.91. The van der Waals surface area contributed by atoms with Crippen molar-refractivity contribution in [1.29, 1.82) is 0 Å². The molecule has 2 heterocycles. The summed E-state index contributed by atoms with van der Waals surface area (Å²) in [5.74, 6) is 1.32. The highest BCUT2D eigenvalue weighted by molar-refractivity contribution is 6.30. The number of anilines is 2. The molecule has 1 aromatic heterocycles. The fourth-order valence-corrected chi connectivity index (χ4v) is 3.42. The average molecular weight is 395 g/mol. The number of aromatic nitrogens is 2. The topological polar surface area (TPSA) is 65.4 Å². The van der Waals surface area contributed by atoms with Gasteiger partial charge in [0.05, 0.1) is 11.7 Å². The van der Waals surface area contributed by atoms with Gasteiger partial charge in [-0.2, -0.15) is 10.1 Å². The van der Waals surface area contributed by atoms with Crippen LogP contribution in [0.1, 0.15) is 18.4 Å². The molecule has 6 nitrogen and oxygen atoms in total. The maximum absolute atomic E-state index is 5.91. The lowest BCUT2D eigenvalue weighted by Gasteiger charge is -2.30. The van der Waals surface area contributed by atoms with Gasteiger partial charge in [0.1, 0.15) is 5.82 Å². The van der Waals surface area contributed by atoms with E-state index in [0.717, 1.165) is 48.2 Å². The number of hydrogen-bond donors (Lipinski definition) is 2. The van der Waals surface area contributed by atoms with Crippen LogP contribution in [0.15, 0.2) is 53.6 Å².